The van der Waals surface area contributed by atoms with Crippen molar-refractivity contribution in [2.24, 2.45) is 0 Å². The fraction of sp³-hybridized carbons (Fsp3) is 0.364. The van der Waals surface area contributed by atoms with Crippen molar-refractivity contribution in [1.29, 1.82) is 0 Å². The third-order valence-electron chi connectivity index (χ3n) is 1.99. The highest BCUT2D eigenvalue weighted by atomic mass is 19.4. The molecule has 5 heteroatoms. The van der Waals surface area contributed by atoms with Gasteiger partial charge in [-0.05, 0) is 26.0 Å². The molecule has 1 aromatic carbocycles. The van der Waals surface area contributed by atoms with E-state index in [-0.39, 0.29) is 17.9 Å². The van der Waals surface area contributed by atoms with Crippen molar-refractivity contribution in [3.63, 3.8) is 0 Å². The maximum atomic E-state index is 12.6. The van der Waals surface area contributed by atoms with E-state index in [0.29, 0.717) is 0 Å². The summed E-state index contributed by atoms with van der Waals surface area (Å²) >= 11 is 0. The molecule has 2 nitrogen and oxygen atoms in total. The predicted octanol–water partition coefficient (Wildman–Crippen LogP) is 3.31. The molecular weight excluding hydrogens is 221 g/mol. The van der Waals surface area contributed by atoms with Gasteiger partial charge in [-0.2, -0.15) is 13.2 Å². The van der Waals surface area contributed by atoms with Crippen molar-refractivity contribution in [2.45, 2.75) is 20.0 Å². The molecule has 1 rings (SSSR count). The van der Waals surface area contributed by atoms with Gasteiger partial charge in [-0.25, -0.2) is 0 Å². The van der Waals surface area contributed by atoms with Crippen LogP contribution in [0.25, 0.3) is 0 Å². The van der Waals surface area contributed by atoms with E-state index >= 15 is 0 Å². The Kier molecular flexibility index (Phi) is 3.57. The molecule has 0 unspecified atom stereocenters. The van der Waals surface area contributed by atoms with E-state index in [1.54, 1.807) is 6.92 Å². The van der Waals surface area contributed by atoms with Crippen LogP contribution in [0.15, 0.2) is 18.2 Å². The van der Waals surface area contributed by atoms with E-state index < -0.39 is 17.5 Å². The Labute approximate surface area is 91.0 Å². The molecule has 0 aliphatic rings. The van der Waals surface area contributed by atoms with Gasteiger partial charge in [-0.3, -0.25) is 4.79 Å². The first kappa shape index (κ1) is 12.5. The first-order chi connectivity index (χ1) is 7.38. The lowest BCUT2D eigenvalue weighted by molar-refractivity contribution is -0.138. The molecule has 0 fully saturated rings. The average molecular weight is 232 g/mol. The summed E-state index contributed by atoms with van der Waals surface area (Å²) in [6, 6.07) is 3.42. The van der Waals surface area contributed by atoms with Gasteiger partial charge in [0.05, 0.1) is 17.7 Å². The number of carbonyl (C=O) groups is 1. The molecule has 16 heavy (non-hydrogen) atoms. The van der Waals surface area contributed by atoms with Crippen LogP contribution in [0.5, 0.6) is 5.75 Å². The zero-order valence-electron chi connectivity index (χ0n) is 8.89. The van der Waals surface area contributed by atoms with E-state index in [1.807, 2.05) is 0 Å². The summed E-state index contributed by atoms with van der Waals surface area (Å²) in [5.41, 5.74) is -0.960. The van der Waals surface area contributed by atoms with Gasteiger partial charge < -0.3 is 4.74 Å². The van der Waals surface area contributed by atoms with Crippen LogP contribution >= 0.6 is 0 Å². The summed E-state index contributed by atoms with van der Waals surface area (Å²) < 4.78 is 42.8. The fourth-order valence-corrected chi connectivity index (χ4v) is 1.34. The summed E-state index contributed by atoms with van der Waals surface area (Å²) in [5.74, 6) is -0.834. The van der Waals surface area contributed by atoms with E-state index in [9.17, 15) is 18.0 Å². The summed E-state index contributed by atoms with van der Waals surface area (Å²) in [5, 5.41) is 0. The second-order valence-electron chi connectivity index (χ2n) is 3.17. The Bertz CT molecular complexity index is 397. The van der Waals surface area contributed by atoms with E-state index in [4.69, 9.17) is 4.74 Å². The number of Topliss-reactive ketones (excluding diaryl/α,β-unsaturated/α-hetero) is 1. The smallest absolute Gasteiger partial charge is 0.419 e. The summed E-state index contributed by atoms with van der Waals surface area (Å²) in [6.45, 7) is 2.85. The number of halogens is 3. The highest BCUT2D eigenvalue weighted by Crippen LogP contribution is 2.38. The highest BCUT2D eigenvalue weighted by molar-refractivity contribution is 5.97. The zero-order valence-corrected chi connectivity index (χ0v) is 8.89. The molecule has 0 aromatic heterocycles. The van der Waals surface area contributed by atoms with Gasteiger partial charge in [-0.1, -0.05) is 6.07 Å². The second kappa shape index (κ2) is 4.55. The topological polar surface area (TPSA) is 26.3 Å². The minimum absolute atomic E-state index is 0.0447. The first-order valence-electron chi connectivity index (χ1n) is 4.71. The second-order valence-corrected chi connectivity index (χ2v) is 3.17. The maximum Gasteiger partial charge on any atom is 0.419 e. The summed E-state index contributed by atoms with van der Waals surface area (Å²) in [6.07, 6.45) is -4.52. The van der Waals surface area contributed by atoms with Crippen molar-refractivity contribution in [3.8, 4) is 5.75 Å². The van der Waals surface area contributed by atoms with Crippen LogP contribution in [-0.4, -0.2) is 12.4 Å². The lowest BCUT2D eigenvalue weighted by Crippen LogP contribution is -2.11. The highest BCUT2D eigenvalue weighted by Gasteiger charge is 2.35. The molecule has 0 spiro atoms. The van der Waals surface area contributed by atoms with Crippen LogP contribution in [0.4, 0.5) is 13.2 Å². The number of hydrogen-bond acceptors (Lipinski definition) is 2. The molecule has 88 valence electrons. The number of alkyl halides is 3. The number of ether oxygens (including phenoxy) is 1. The van der Waals surface area contributed by atoms with Crippen molar-refractivity contribution in [3.05, 3.63) is 29.3 Å². The molecule has 0 N–H and O–H groups in total. The number of rotatable bonds is 3. The van der Waals surface area contributed by atoms with Gasteiger partial charge >= 0.3 is 6.18 Å². The average Bonchev–Trinajstić information content (AvgIpc) is 2.16. The third-order valence-corrected chi connectivity index (χ3v) is 1.99. The van der Waals surface area contributed by atoms with Crippen LogP contribution in [0, 0.1) is 0 Å². The minimum Gasteiger partial charge on any atom is -0.492 e. The van der Waals surface area contributed by atoms with Gasteiger partial charge in [0.15, 0.2) is 5.78 Å². The maximum absolute atomic E-state index is 12.6. The fourth-order valence-electron chi connectivity index (χ4n) is 1.34. The molecule has 1 aromatic rings. The molecule has 0 bridgehead atoms. The van der Waals surface area contributed by atoms with Crippen molar-refractivity contribution in [2.75, 3.05) is 6.61 Å². The Hall–Kier alpha value is -1.52. The van der Waals surface area contributed by atoms with Crippen LogP contribution in [0.1, 0.15) is 29.8 Å². The number of benzene rings is 1. The van der Waals surface area contributed by atoms with Crippen molar-refractivity contribution in [1.82, 2.24) is 0 Å². The molecule has 0 aliphatic heterocycles. The van der Waals surface area contributed by atoms with Gasteiger partial charge in [-0.15, -0.1) is 0 Å². The molecular formula is C11H11F3O2. The van der Waals surface area contributed by atoms with Gasteiger partial charge in [0, 0.05) is 0 Å². The van der Waals surface area contributed by atoms with E-state index in [0.717, 1.165) is 6.07 Å². The SMILES string of the molecule is CCOc1c(C(C)=O)cccc1C(F)(F)F. The van der Waals surface area contributed by atoms with Gasteiger partial charge in [0.2, 0.25) is 0 Å². The Balaban J connectivity index is 3.38. The van der Waals surface area contributed by atoms with Crippen LogP contribution in [-0.2, 0) is 6.18 Å². The Morgan fingerprint density at radius 1 is 1.38 bits per heavy atom. The van der Waals surface area contributed by atoms with Crippen LogP contribution in [0.2, 0.25) is 0 Å². The van der Waals surface area contributed by atoms with Gasteiger partial charge in [0.1, 0.15) is 5.75 Å². The Morgan fingerprint density at radius 3 is 2.44 bits per heavy atom. The molecule has 0 amide bonds. The van der Waals surface area contributed by atoms with Crippen molar-refractivity contribution >= 4 is 5.78 Å². The monoisotopic (exact) mass is 232 g/mol. The lowest BCUT2D eigenvalue weighted by atomic mass is 10.1. The normalized spacial score (nSPS) is 11.3. The standard InChI is InChI=1S/C11H11F3O2/c1-3-16-10-8(7(2)15)5-4-6-9(10)11(12,13)14/h4-6H,3H2,1-2H3. The molecule has 0 heterocycles. The Morgan fingerprint density at radius 2 is 2.00 bits per heavy atom. The number of ketones is 1. The molecule has 0 saturated carbocycles. The zero-order chi connectivity index (χ0) is 12.3. The molecule has 0 aliphatic carbocycles. The number of para-hydroxylation sites is 1. The van der Waals surface area contributed by atoms with Crippen LogP contribution < -0.4 is 4.74 Å². The number of carbonyl (C=O) groups excluding carboxylic acids is 1. The predicted molar refractivity (Wildman–Crippen MR) is 52.6 cm³/mol. The molecule has 0 saturated heterocycles. The molecule has 0 radical (unpaired) electrons. The van der Waals surface area contributed by atoms with Crippen LogP contribution in [0.3, 0.4) is 0 Å². The van der Waals surface area contributed by atoms with Crippen molar-refractivity contribution < 1.29 is 22.7 Å². The minimum atomic E-state index is -4.52. The lowest BCUT2D eigenvalue weighted by Gasteiger charge is -2.15. The van der Waals surface area contributed by atoms with Gasteiger partial charge in [0.25, 0.3) is 0 Å². The quantitative estimate of drug-likeness (QED) is 0.747. The largest absolute Gasteiger partial charge is 0.492 e. The number of hydrogen-bond donors (Lipinski definition) is 0. The van der Waals surface area contributed by atoms with E-state index in [2.05, 4.69) is 0 Å². The first-order valence-corrected chi connectivity index (χ1v) is 4.71. The molecule has 0 atom stereocenters. The third kappa shape index (κ3) is 2.53. The van der Waals surface area contributed by atoms with E-state index in [1.165, 1.54) is 19.1 Å². The summed E-state index contributed by atoms with van der Waals surface area (Å²) in [4.78, 5) is 11.2. The summed E-state index contributed by atoms with van der Waals surface area (Å²) in [7, 11) is 0.